The molecule has 0 amide bonds. The molecule has 0 N–H and O–H groups in total. The smallest absolute Gasteiger partial charge is 0.161 e. The largest absolute Gasteiger partial charge is 0.494 e. The summed E-state index contributed by atoms with van der Waals surface area (Å²) in [5.74, 6) is 0.842. The third kappa shape index (κ3) is 2.38. The van der Waals surface area contributed by atoms with E-state index < -0.39 is 0 Å². The van der Waals surface area contributed by atoms with Gasteiger partial charge >= 0.3 is 0 Å². The average molecular weight is 275 g/mol. The topological polar surface area (TPSA) is 22.1 Å². The minimum absolute atomic E-state index is 0.658. The number of fused-ring (bicyclic) bond motifs is 1. The maximum atomic E-state index is 5.44. The Bertz CT molecular complexity index is 482. The summed E-state index contributed by atoms with van der Waals surface area (Å²) in [6.07, 6.45) is 0. The molecule has 0 radical (unpaired) electrons. The molecule has 80 valence electrons. The Morgan fingerprint density at radius 1 is 1.53 bits per heavy atom. The third-order valence-corrected chi connectivity index (χ3v) is 4.59. The lowest BCUT2D eigenvalue weighted by molar-refractivity contribution is 0.340. The van der Waals surface area contributed by atoms with Crippen molar-refractivity contribution in [2.24, 2.45) is 0 Å². The normalized spacial score (nSPS) is 10.9. The summed E-state index contributed by atoms with van der Waals surface area (Å²) < 4.78 is 7.46. The monoisotopic (exact) mass is 275 g/mol. The highest BCUT2D eigenvalue weighted by molar-refractivity contribution is 8.69. The van der Waals surface area contributed by atoms with Crippen molar-refractivity contribution in [3.8, 4) is 5.75 Å². The Morgan fingerprint density at radius 3 is 3.00 bits per heavy atom. The van der Waals surface area contributed by atoms with E-state index in [0.717, 1.165) is 25.2 Å². The number of nitrogens with zero attached hydrogens (tertiary/aromatic N) is 1. The molecular formula is C9H9NOS4. The number of aromatic nitrogens is 1. The van der Waals surface area contributed by atoms with Gasteiger partial charge in [0, 0.05) is 4.90 Å². The Kier molecular flexibility index (Phi) is 3.71. The number of ether oxygens (including phenoxy) is 1. The van der Waals surface area contributed by atoms with Gasteiger partial charge in [0.05, 0.1) is 16.8 Å². The summed E-state index contributed by atoms with van der Waals surface area (Å²) >= 11 is 10.1. The minimum atomic E-state index is 0.658. The van der Waals surface area contributed by atoms with E-state index in [-0.39, 0.29) is 0 Å². The van der Waals surface area contributed by atoms with Crippen molar-refractivity contribution in [1.29, 1.82) is 0 Å². The van der Waals surface area contributed by atoms with Gasteiger partial charge < -0.3 is 4.74 Å². The quantitative estimate of drug-likeness (QED) is 0.655. The zero-order valence-electron chi connectivity index (χ0n) is 7.93. The lowest BCUT2D eigenvalue weighted by Crippen LogP contribution is -1.90. The van der Waals surface area contributed by atoms with Gasteiger partial charge in [-0.1, -0.05) is 0 Å². The second kappa shape index (κ2) is 4.86. The number of thiazole rings is 1. The lowest BCUT2D eigenvalue weighted by atomic mass is 10.3. The fraction of sp³-hybridized carbons (Fsp3) is 0.222. The van der Waals surface area contributed by atoms with Crippen LogP contribution in [0.5, 0.6) is 5.75 Å². The van der Waals surface area contributed by atoms with Crippen LogP contribution in [0.2, 0.25) is 0 Å². The SMILES string of the molecule is CCOc1cc(S)c2nc(SS)sc2c1. The molecule has 2 nitrogen and oxygen atoms in total. The van der Waals surface area contributed by atoms with Crippen LogP contribution in [-0.4, -0.2) is 11.6 Å². The fourth-order valence-electron chi connectivity index (χ4n) is 1.26. The maximum Gasteiger partial charge on any atom is 0.161 e. The molecule has 2 aromatic rings. The summed E-state index contributed by atoms with van der Waals surface area (Å²) in [5, 5.41) is 0. The van der Waals surface area contributed by atoms with Crippen LogP contribution in [0, 0.1) is 0 Å². The van der Waals surface area contributed by atoms with E-state index in [4.69, 9.17) is 4.74 Å². The summed E-state index contributed by atoms with van der Waals surface area (Å²) in [6, 6.07) is 3.88. The lowest BCUT2D eigenvalue weighted by Gasteiger charge is -2.03. The first-order chi connectivity index (χ1) is 7.24. The highest BCUT2D eigenvalue weighted by Crippen LogP contribution is 2.36. The molecule has 2 rings (SSSR count). The van der Waals surface area contributed by atoms with E-state index in [2.05, 4.69) is 29.3 Å². The highest BCUT2D eigenvalue weighted by atomic mass is 33.1. The number of thiol groups is 2. The summed E-state index contributed by atoms with van der Waals surface area (Å²) in [6.45, 7) is 2.62. The molecule has 0 bridgehead atoms. The molecule has 0 saturated carbocycles. The second-order valence-electron chi connectivity index (χ2n) is 2.79. The average Bonchev–Trinajstić information content (AvgIpc) is 2.62. The van der Waals surface area contributed by atoms with Crippen LogP contribution in [-0.2, 0) is 0 Å². The predicted molar refractivity (Wildman–Crippen MR) is 72.9 cm³/mol. The highest BCUT2D eigenvalue weighted by Gasteiger charge is 2.08. The zero-order chi connectivity index (χ0) is 10.8. The Morgan fingerprint density at radius 2 is 2.33 bits per heavy atom. The van der Waals surface area contributed by atoms with Gasteiger partial charge in [0.2, 0.25) is 0 Å². The molecule has 0 spiro atoms. The van der Waals surface area contributed by atoms with Gasteiger partial charge in [0.25, 0.3) is 0 Å². The van der Waals surface area contributed by atoms with Gasteiger partial charge in [-0.05, 0) is 29.9 Å². The maximum absolute atomic E-state index is 5.44. The van der Waals surface area contributed by atoms with Crippen LogP contribution in [0.3, 0.4) is 0 Å². The number of hydrogen-bond acceptors (Lipinski definition) is 6. The van der Waals surface area contributed by atoms with E-state index in [1.165, 1.54) is 10.8 Å². The molecule has 0 aliphatic rings. The summed E-state index contributed by atoms with van der Waals surface area (Å²) in [4.78, 5) is 5.25. The Hall–Kier alpha value is -0.0400. The van der Waals surface area contributed by atoms with Gasteiger partial charge in [-0.2, -0.15) is 0 Å². The van der Waals surface area contributed by atoms with Gasteiger partial charge in [0.1, 0.15) is 5.75 Å². The Labute approximate surface area is 107 Å². The molecule has 0 saturated heterocycles. The van der Waals surface area contributed by atoms with Crippen LogP contribution in [0.25, 0.3) is 10.2 Å². The molecule has 1 aromatic heterocycles. The van der Waals surface area contributed by atoms with Crippen molar-refractivity contribution < 1.29 is 4.74 Å². The molecule has 15 heavy (non-hydrogen) atoms. The van der Waals surface area contributed by atoms with Gasteiger partial charge in [-0.25, -0.2) is 4.98 Å². The molecule has 0 atom stereocenters. The molecule has 1 heterocycles. The number of rotatable bonds is 3. The van der Waals surface area contributed by atoms with Crippen molar-refractivity contribution in [1.82, 2.24) is 4.98 Å². The minimum Gasteiger partial charge on any atom is -0.494 e. The summed E-state index contributed by atoms with van der Waals surface area (Å²) in [5.41, 5.74) is 0.920. The first-order valence-corrected chi connectivity index (χ1v) is 7.45. The van der Waals surface area contributed by atoms with E-state index in [1.807, 2.05) is 19.1 Å². The van der Waals surface area contributed by atoms with Crippen molar-refractivity contribution in [3.63, 3.8) is 0 Å². The molecule has 6 heteroatoms. The second-order valence-corrected chi connectivity index (χ2v) is 5.68. The van der Waals surface area contributed by atoms with Crippen molar-refractivity contribution in [2.45, 2.75) is 16.2 Å². The van der Waals surface area contributed by atoms with Crippen LogP contribution >= 0.6 is 46.4 Å². The van der Waals surface area contributed by atoms with E-state index >= 15 is 0 Å². The standard InChI is InChI=1S/C9H9NOS4/c1-2-11-5-3-6(12)8-7(4-5)14-9(10-8)15-13/h3-4,12-13H,2H2,1H3. The van der Waals surface area contributed by atoms with Crippen LogP contribution < -0.4 is 4.74 Å². The van der Waals surface area contributed by atoms with Gasteiger partial charge in [-0.15, -0.1) is 35.6 Å². The fourth-order valence-corrected chi connectivity index (χ4v) is 3.39. The van der Waals surface area contributed by atoms with Crippen molar-refractivity contribution in [2.75, 3.05) is 6.61 Å². The molecule has 0 aliphatic carbocycles. The molecule has 0 fully saturated rings. The first kappa shape index (κ1) is 11.4. The van der Waals surface area contributed by atoms with Crippen LogP contribution in [0.4, 0.5) is 0 Å². The van der Waals surface area contributed by atoms with Crippen molar-refractivity contribution >= 4 is 56.6 Å². The first-order valence-electron chi connectivity index (χ1n) is 4.32. The van der Waals surface area contributed by atoms with Gasteiger partial charge in [-0.3, -0.25) is 0 Å². The molecule has 0 aliphatic heterocycles. The molecular weight excluding hydrogens is 266 g/mol. The zero-order valence-corrected chi connectivity index (χ0v) is 11.4. The Balaban J connectivity index is 2.54. The number of hydrogen-bond donors (Lipinski definition) is 2. The van der Waals surface area contributed by atoms with Gasteiger partial charge in [0.15, 0.2) is 4.34 Å². The predicted octanol–water partition coefficient (Wildman–Crippen LogP) is 3.92. The van der Waals surface area contributed by atoms with E-state index in [1.54, 1.807) is 11.3 Å². The van der Waals surface area contributed by atoms with Crippen LogP contribution in [0.15, 0.2) is 21.4 Å². The molecule has 0 unspecified atom stereocenters. The van der Waals surface area contributed by atoms with E-state index in [0.29, 0.717) is 6.61 Å². The van der Waals surface area contributed by atoms with E-state index in [9.17, 15) is 0 Å². The third-order valence-electron chi connectivity index (χ3n) is 1.82. The van der Waals surface area contributed by atoms with Crippen LogP contribution in [0.1, 0.15) is 6.92 Å². The number of benzene rings is 1. The summed E-state index contributed by atoms with van der Waals surface area (Å²) in [7, 11) is 1.35. The molecule has 1 aromatic carbocycles. The van der Waals surface area contributed by atoms with Crippen molar-refractivity contribution in [3.05, 3.63) is 12.1 Å².